The van der Waals surface area contributed by atoms with Crippen LogP contribution in [0.4, 0.5) is 0 Å². The lowest BCUT2D eigenvalue weighted by atomic mass is 10.1. The van der Waals surface area contributed by atoms with Gasteiger partial charge in [-0.05, 0) is 25.0 Å². The van der Waals surface area contributed by atoms with Gasteiger partial charge in [0.15, 0.2) is 23.0 Å². The molecule has 0 N–H and O–H groups in total. The van der Waals surface area contributed by atoms with Crippen molar-refractivity contribution in [3.8, 4) is 23.0 Å². The summed E-state index contributed by atoms with van der Waals surface area (Å²) in [6.45, 7) is 6.57. The smallest absolute Gasteiger partial charge is 0.180 e. The first kappa shape index (κ1) is 17.6. The summed E-state index contributed by atoms with van der Waals surface area (Å²) in [5.41, 5.74) is 2.24. The quantitative estimate of drug-likeness (QED) is 0.647. The predicted octanol–water partition coefficient (Wildman–Crippen LogP) is 5.56. The molecule has 0 unspecified atom stereocenters. The fraction of sp³-hybridized carbons (Fsp3) is 0.273. The minimum Gasteiger partial charge on any atom is -0.485 e. The van der Waals surface area contributed by atoms with Gasteiger partial charge in [-0.25, -0.2) is 0 Å². The number of aryl methyl sites for hydroxylation is 2. The average Bonchev–Trinajstić information content (AvgIpc) is 3.20. The standard InChI is InChI=1S/C22H20O4S2/c1-13-17-19(25-11-9-23-17)21(27-13)15-5-3-7-16(8-4-6-15)22-20-18(14(2)28-22)24-10-12-26-20/h3-8H,9-12H2,1-2H3/b5-3-,6-4?,7-3?,8-4-,15-5?,15-6+,16-7+,16-8?. The number of rotatable bonds is 2. The minimum absolute atomic E-state index is 0.595. The monoisotopic (exact) mass is 412 g/mol. The number of hydrogen-bond acceptors (Lipinski definition) is 6. The van der Waals surface area contributed by atoms with Crippen LogP contribution in [-0.4, -0.2) is 26.4 Å². The molecule has 0 atom stereocenters. The van der Waals surface area contributed by atoms with E-state index >= 15 is 0 Å². The minimum atomic E-state index is 0.595. The molecule has 28 heavy (non-hydrogen) atoms. The Labute approximate surface area is 172 Å². The summed E-state index contributed by atoms with van der Waals surface area (Å²) in [7, 11) is 0. The molecule has 4 nitrogen and oxygen atoms in total. The largest absolute Gasteiger partial charge is 0.485 e. The lowest BCUT2D eigenvalue weighted by molar-refractivity contribution is 0.172. The van der Waals surface area contributed by atoms with Crippen LogP contribution in [0, 0.1) is 13.8 Å². The molecule has 0 spiro atoms. The summed E-state index contributed by atoms with van der Waals surface area (Å²) in [5.74, 6) is 3.52. The van der Waals surface area contributed by atoms with Crippen molar-refractivity contribution in [2.75, 3.05) is 26.4 Å². The van der Waals surface area contributed by atoms with Gasteiger partial charge in [-0.3, -0.25) is 0 Å². The van der Waals surface area contributed by atoms with Crippen molar-refractivity contribution < 1.29 is 18.9 Å². The zero-order valence-electron chi connectivity index (χ0n) is 15.7. The topological polar surface area (TPSA) is 36.9 Å². The van der Waals surface area contributed by atoms with Crippen LogP contribution < -0.4 is 18.9 Å². The van der Waals surface area contributed by atoms with Gasteiger partial charge in [0, 0.05) is 9.75 Å². The summed E-state index contributed by atoms with van der Waals surface area (Å²) in [6.07, 6.45) is 12.7. The van der Waals surface area contributed by atoms with Crippen LogP contribution in [0.5, 0.6) is 23.0 Å². The molecule has 0 saturated carbocycles. The second-order valence-corrected chi connectivity index (χ2v) is 9.10. The van der Waals surface area contributed by atoms with E-state index in [1.165, 1.54) is 0 Å². The molecule has 3 aliphatic rings. The third-order valence-electron chi connectivity index (χ3n) is 4.75. The molecule has 4 heterocycles. The third-order valence-corrected chi connectivity index (χ3v) is 6.99. The molecule has 1 aliphatic carbocycles. The molecule has 6 heteroatoms. The molecular weight excluding hydrogens is 392 g/mol. The van der Waals surface area contributed by atoms with Gasteiger partial charge in [0.2, 0.25) is 0 Å². The maximum atomic E-state index is 5.90. The zero-order valence-corrected chi connectivity index (χ0v) is 17.4. The normalized spacial score (nSPS) is 23.6. The number of ether oxygens (including phenoxy) is 4. The van der Waals surface area contributed by atoms with Crippen molar-refractivity contribution in [2.45, 2.75) is 13.8 Å². The molecule has 2 aromatic rings. The number of hydrogen-bond donors (Lipinski definition) is 0. The van der Waals surface area contributed by atoms with Crippen molar-refractivity contribution >= 4 is 33.8 Å². The Bertz CT molecular complexity index is 965. The molecule has 0 amide bonds. The van der Waals surface area contributed by atoms with Gasteiger partial charge in [-0.1, -0.05) is 36.5 Å². The van der Waals surface area contributed by atoms with Crippen LogP contribution in [0.3, 0.4) is 0 Å². The average molecular weight is 413 g/mol. The first-order chi connectivity index (χ1) is 13.7. The number of fused-ring (bicyclic) bond motifs is 2. The molecule has 2 aliphatic heterocycles. The second kappa shape index (κ2) is 7.18. The summed E-state index contributed by atoms with van der Waals surface area (Å²) in [6, 6.07) is 0. The van der Waals surface area contributed by atoms with Gasteiger partial charge in [0.05, 0.1) is 9.75 Å². The molecule has 5 rings (SSSR count). The lowest BCUT2D eigenvalue weighted by Crippen LogP contribution is -2.15. The Morgan fingerprint density at radius 2 is 1.00 bits per heavy atom. The van der Waals surface area contributed by atoms with Gasteiger partial charge in [0.25, 0.3) is 0 Å². The van der Waals surface area contributed by atoms with Crippen molar-refractivity contribution in [1.82, 2.24) is 0 Å². The molecule has 144 valence electrons. The Balaban J connectivity index is 1.47. The van der Waals surface area contributed by atoms with Gasteiger partial charge in [-0.15, -0.1) is 22.7 Å². The van der Waals surface area contributed by atoms with E-state index in [0.717, 1.165) is 53.7 Å². The Morgan fingerprint density at radius 3 is 1.43 bits per heavy atom. The highest BCUT2D eigenvalue weighted by molar-refractivity contribution is 7.14. The van der Waals surface area contributed by atoms with Gasteiger partial charge in [-0.2, -0.15) is 0 Å². The lowest BCUT2D eigenvalue weighted by Gasteiger charge is -2.17. The molecule has 2 aromatic heterocycles. The van der Waals surface area contributed by atoms with Crippen LogP contribution in [0.1, 0.15) is 19.5 Å². The van der Waals surface area contributed by atoms with Crippen LogP contribution >= 0.6 is 22.7 Å². The zero-order chi connectivity index (χ0) is 19.1. The summed E-state index contributed by atoms with van der Waals surface area (Å²) >= 11 is 3.43. The fourth-order valence-electron chi connectivity index (χ4n) is 3.49. The summed E-state index contributed by atoms with van der Waals surface area (Å²) in [5, 5.41) is 0. The van der Waals surface area contributed by atoms with Crippen molar-refractivity contribution in [1.29, 1.82) is 0 Å². The summed E-state index contributed by atoms with van der Waals surface area (Å²) < 4.78 is 23.4. The van der Waals surface area contributed by atoms with Crippen molar-refractivity contribution in [3.63, 3.8) is 0 Å². The highest BCUT2D eigenvalue weighted by atomic mass is 32.1. The molecule has 0 saturated heterocycles. The van der Waals surface area contributed by atoms with E-state index in [-0.39, 0.29) is 0 Å². The van der Waals surface area contributed by atoms with Crippen LogP contribution in [-0.2, 0) is 0 Å². The van der Waals surface area contributed by atoms with Gasteiger partial charge < -0.3 is 18.9 Å². The summed E-state index contributed by atoms with van der Waals surface area (Å²) in [4.78, 5) is 4.54. The highest BCUT2D eigenvalue weighted by Gasteiger charge is 2.25. The fourth-order valence-corrected chi connectivity index (χ4v) is 5.59. The maximum Gasteiger partial charge on any atom is 0.180 e. The van der Waals surface area contributed by atoms with Crippen LogP contribution in [0.15, 0.2) is 36.5 Å². The van der Waals surface area contributed by atoms with Crippen LogP contribution in [0.25, 0.3) is 11.1 Å². The molecule has 0 radical (unpaired) electrons. The van der Waals surface area contributed by atoms with Gasteiger partial charge in [0.1, 0.15) is 26.4 Å². The van der Waals surface area contributed by atoms with E-state index in [4.69, 9.17) is 18.9 Å². The molecule has 0 bridgehead atoms. The molecule has 0 fully saturated rings. The van der Waals surface area contributed by atoms with E-state index < -0.39 is 0 Å². The Morgan fingerprint density at radius 1 is 0.607 bits per heavy atom. The third kappa shape index (κ3) is 2.97. The van der Waals surface area contributed by atoms with Crippen molar-refractivity contribution in [2.24, 2.45) is 0 Å². The van der Waals surface area contributed by atoms with E-state index in [1.807, 2.05) is 0 Å². The maximum absolute atomic E-state index is 5.90. The predicted molar refractivity (Wildman–Crippen MR) is 114 cm³/mol. The first-order valence-electron chi connectivity index (χ1n) is 9.28. The van der Waals surface area contributed by atoms with E-state index in [2.05, 4.69) is 50.3 Å². The van der Waals surface area contributed by atoms with E-state index in [1.54, 1.807) is 22.7 Å². The van der Waals surface area contributed by atoms with E-state index in [0.29, 0.717) is 26.4 Å². The van der Waals surface area contributed by atoms with E-state index in [9.17, 15) is 0 Å². The highest BCUT2D eigenvalue weighted by Crippen LogP contribution is 2.48. The van der Waals surface area contributed by atoms with Crippen molar-refractivity contribution in [3.05, 3.63) is 56.0 Å². The number of allylic oxidation sites excluding steroid dienone is 8. The first-order valence-corrected chi connectivity index (χ1v) is 10.9. The molecule has 0 aromatic carbocycles. The number of thiophene rings is 2. The van der Waals surface area contributed by atoms with Crippen LogP contribution in [0.2, 0.25) is 0 Å². The molecular formula is C22H20O4S2. The SMILES string of the molecule is Cc1sc(C2=C/C=C\C(c3sc(C)c4c3OCCO4)=C/C=C\2)c2c1OCCO2. The second-order valence-electron chi connectivity index (χ2n) is 6.65. The Hall–Kier alpha value is -2.44. The Kier molecular flexibility index (Phi) is 4.53. The van der Waals surface area contributed by atoms with Gasteiger partial charge >= 0.3 is 0 Å².